The zero-order valence-corrected chi connectivity index (χ0v) is 35.6. The molecule has 1 amide bonds. The second kappa shape index (κ2) is 20.0. The summed E-state index contributed by atoms with van der Waals surface area (Å²) in [4.78, 5) is 40.0. The third kappa shape index (κ3) is 16.8. The van der Waals surface area contributed by atoms with E-state index in [0.717, 1.165) is 42.5 Å². The normalized spacial score (nSPS) is 12.2. The molecule has 0 fully saturated rings. The van der Waals surface area contributed by atoms with Crippen molar-refractivity contribution in [3.05, 3.63) is 95.3 Å². The van der Waals surface area contributed by atoms with Crippen LogP contribution < -0.4 is 20.7 Å². The molecule has 0 radical (unpaired) electrons. The van der Waals surface area contributed by atoms with Gasteiger partial charge in [-0.15, -0.1) is 0 Å². The number of halogens is 3. The fraction of sp³-hybridized carbons (Fsp3) is 0.477. The summed E-state index contributed by atoms with van der Waals surface area (Å²) in [6.45, 7) is 17.6. The van der Waals surface area contributed by atoms with Gasteiger partial charge in [-0.3, -0.25) is 15.3 Å². The molecule has 4 aromatic rings. The van der Waals surface area contributed by atoms with Crippen LogP contribution in [0.3, 0.4) is 0 Å². The Balaban J connectivity index is 0.000000340. The number of H-pyrrole nitrogens is 1. The molecular formula is C44H58F3N5O7. The SMILES string of the molecule is CC(C)(C)OC(=O)C(C)(C)Oc1ccc(CCCC(=O)NN)cc1.CC(C)(C)OC(=O)C(C)(C)Oc1ccc(CCCc2nc(-c3ccc(C(F)(F)F)cc3)n[nH]2)cc1. The zero-order chi connectivity index (χ0) is 44.2. The standard InChI is InChI=1S/C26H30F3N3O3.C18H28N2O4/c1-24(2,3)35-23(33)25(4,5)34-20-15-9-17(10-16-20)7-6-8-21-30-22(32-31-21)18-11-13-19(14-12-18)26(27,28)29;1-17(2,3)24-16(22)18(4,5)23-14-11-9-13(10-12-14)7-6-8-15(21)20-19/h9-16H,6-8H2,1-5H3,(H,30,31,32);9-12H,6-8,19H2,1-5H3,(H,20,21). The van der Waals surface area contributed by atoms with Crippen LogP contribution in [-0.4, -0.2) is 55.4 Å². The van der Waals surface area contributed by atoms with E-state index < -0.39 is 46.1 Å². The van der Waals surface area contributed by atoms with E-state index in [1.54, 1.807) is 27.7 Å². The first-order valence-corrected chi connectivity index (χ1v) is 19.4. The van der Waals surface area contributed by atoms with Crippen molar-refractivity contribution in [2.24, 2.45) is 5.84 Å². The number of alkyl halides is 3. The highest BCUT2D eigenvalue weighted by molar-refractivity contribution is 5.80. The Morgan fingerprint density at radius 1 is 0.644 bits per heavy atom. The molecule has 1 aromatic heterocycles. The van der Waals surface area contributed by atoms with Gasteiger partial charge in [-0.1, -0.05) is 36.4 Å². The third-order valence-corrected chi connectivity index (χ3v) is 8.29. The van der Waals surface area contributed by atoms with E-state index in [1.165, 1.54) is 12.1 Å². The van der Waals surface area contributed by atoms with Crippen LogP contribution in [0.4, 0.5) is 13.2 Å². The zero-order valence-electron chi connectivity index (χ0n) is 35.6. The fourth-order valence-electron chi connectivity index (χ4n) is 5.25. The highest BCUT2D eigenvalue weighted by atomic mass is 19.4. The van der Waals surface area contributed by atoms with Gasteiger partial charge in [0.15, 0.2) is 17.0 Å². The number of aromatic amines is 1. The van der Waals surface area contributed by atoms with Gasteiger partial charge in [-0.05, 0) is 142 Å². The van der Waals surface area contributed by atoms with Crippen LogP contribution in [0.2, 0.25) is 0 Å². The molecular weight excluding hydrogens is 768 g/mol. The molecule has 0 bridgehead atoms. The lowest BCUT2D eigenvalue weighted by atomic mass is 10.1. The van der Waals surface area contributed by atoms with E-state index in [2.05, 4.69) is 20.6 Å². The van der Waals surface area contributed by atoms with Crippen LogP contribution in [0, 0.1) is 0 Å². The van der Waals surface area contributed by atoms with Crippen molar-refractivity contribution in [2.75, 3.05) is 0 Å². The molecule has 4 N–H and O–H groups in total. The molecule has 0 aliphatic carbocycles. The topological polar surface area (TPSA) is 168 Å². The second-order valence-corrected chi connectivity index (χ2v) is 17.0. The lowest BCUT2D eigenvalue weighted by molar-refractivity contribution is -0.171. The molecule has 322 valence electrons. The summed E-state index contributed by atoms with van der Waals surface area (Å²) in [5.41, 5.74) is 0.754. The number of hydrogen-bond donors (Lipinski definition) is 3. The average molecular weight is 826 g/mol. The van der Waals surface area contributed by atoms with Gasteiger partial charge in [-0.2, -0.15) is 18.3 Å². The highest BCUT2D eigenvalue weighted by Gasteiger charge is 2.36. The predicted molar refractivity (Wildman–Crippen MR) is 218 cm³/mol. The van der Waals surface area contributed by atoms with Gasteiger partial charge in [0.2, 0.25) is 5.91 Å². The number of aryl methyl sites for hydroxylation is 3. The van der Waals surface area contributed by atoms with Crippen molar-refractivity contribution in [1.29, 1.82) is 0 Å². The summed E-state index contributed by atoms with van der Waals surface area (Å²) < 4.78 is 60.6. The van der Waals surface area contributed by atoms with Crippen molar-refractivity contribution in [3.63, 3.8) is 0 Å². The molecule has 0 spiro atoms. The number of ether oxygens (including phenoxy) is 4. The molecule has 0 aliphatic rings. The van der Waals surface area contributed by atoms with Crippen LogP contribution in [0.5, 0.6) is 11.5 Å². The summed E-state index contributed by atoms with van der Waals surface area (Å²) in [7, 11) is 0. The van der Waals surface area contributed by atoms with E-state index in [0.29, 0.717) is 48.0 Å². The van der Waals surface area contributed by atoms with Gasteiger partial charge < -0.3 is 18.9 Å². The Kier molecular flexibility index (Phi) is 16.3. The number of nitrogens with two attached hydrogens (primary N) is 1. The van der Waals surface area contributed by atoms with E-state index in [9.17, 15) is 27.6 Å². The lowest BCUT2D eigenvalue weighted by Crippen LogP contribution is -2.43. The van der Waals surface area contributed by atoms with E-state index in [4.69, 9.17) is 24.8 Å². The number of nitrogens with one attached hydrogen (secondary N) is 2. The minimum absolute atomic E-state index is 0.172. The Labute approximate surface area is 344 Å². The number of rotatable bonds is 15. The van der Waals surface area contributed by atoms with Gasteiger partial charge in [-0.25, -0.2) is 20.4 Å². The molecule has 0 aliphatic heterocycles. The highest BCUT2D eigenvalue weighted by Crippen LogP contribution is 2.30. The second-order valence-electron chi connectivity index (χ2n) is 17.0. The van der Waals surface area contributed by atoms with Crippen molar-refractivity contribution < 1.29 is 46.5 Å². The summed E-state index contributed by atoms with van der Waals surface area (Å²) in [6.07, 6.45) is -0.285. The third-order valence-electron chi connectivity index (χ3n) is 8.29. The quantitative estimate of drug-likeness (QED) is 0.0457. The summed E-state index contributed by atoms with van der Waals surface area (Å²) in [5, 5.41) is 6.96. The predicted octanol–water partition coefficient (Wildman–Crippen LogP) is 8.66. The minimum Gasteiger partial charge on any atom is -0.476 e. The van der Waals surface area contributed by atoms with Gasteiger partial charge in [0.1, 0.15) is 28.5 Å². The lowest BCUT2D eigenvalue weighted by Gasteiger charge is -2.29. The number of amides is 1. The number of nitrogens with zero attached hydrogens (tertiary/aromatic N) is 2. The van der Waals surface area contributed by atoms with Gasteiger partial charge in [0.25, 0.3) is 0 Å². The number of hydrogen-bond acceptors (Lipinski definition) is 10. The average Bonchev–Trinajstić information content (AvgIpc) is 3.60. The Morgan fingerprint density at radius 2 is 1.08 bits per heavy atom. The van der Waals surface area contributed by atoms with Gasteiger partial charge in [0.05, 0.1) is 5.56 Å². The van der Waals surface area contributed by atoms with Crippen LogP contribution in [0.1, 0.15) is 111 Å². The molecule has 0 atom stereocenters. The van der Waals surface area contributed by atoms with E-state index >= 15 is 0 Å². The smallest absolute Gasteiger partial charge is 0.416 e. The summed E-state index contributed by atoms with van der Waals surface area (Å²) >= 11 is 0. The molecule has 0 unspecified atom stereocenters. The number of esters is 2. The van der Waals surface area contributed by atoms with Crippen molar-refractivity contribution in [2.45, 2.75) is 136 Å². The molecule has 3 aromatic carbocycles. The van der Waals surface area contributed by atoms with Gasteiger partial charge >= 0.3 is 18.1 Å². The first-order valence-electron chi connectivity index (χ1n) is 19.4. The van der Waals surface area contributed by atoms with Gasteiger partial charge in [0, 0.05) is 18.4 Å². The number of hydrazine groups is 1. The van der Waals surface area contributed by atoms with Crippen LogP contribution >= 0.6 is 0 Å². The fourth-order valence-corrected chi connectivity index (χ4v) is 5.25. The molecule has 4 rings (SSSR count). The Bertz CT molecular complexity index is 1960. The largest absolute Gasteiger partial charge is 0.476 e. The van der Waals surface area contributed by atoms with Crippen LogP contribution in [0.25, 0.3) is 11.4 Å². The molecule has 59 heavy (non-hydrogen) atoms. The first kappa shape index (κ1) is 47.9. The minimum atomic E-state index is -4.37. The number of carbonyl (C=O) groups excluding carboxylic acids is 3. The van der Waals surface area contributed by atoms with Crippen LogP contribution in [-0.2, 0) is 49.3 Å². The van der Waals surface area contributed by atoms with E-state index in [1.807, 2.05) is 90.1 Å². The molecule has 0 saturated carbocycles. The molecule has 0 saturated heterocycles. The van der Waals surface area contributed by atoms with Crippen molar-refractivity contribution in [1.82, 2.24) is 20.6 Å². The Hall–Kier alpha value is -5.44. The molecule has 12 nitrogen and oxygen atoms in total. The monoisotopic (exact) mass is 825 g/mol. The Morgan fingerprint density at radius 3 is 1.49 bits per heavy atom. The molecule has 1 heterocycles. The summed E-state index contributed by atoms with van der Waals surface area (Å²) in [6, 6.07) is 19.7. The van der Waals surface area contributed by atoms with Crippen molar-refractivity contribution in [3.8, 4) is 22.9 Å². The van der Waals surface area contributed by atoms with E-state index in [-0.39, 0.29) is 5.91 Å². The maximum atomic E-state index is 12.7. The number of benzene rings is 3. The number of aromatic nitrogens is 3. The van der Waals surface area contributed by atoms with Crippen molar-refractivity contribution >= 4 is 17.8 Å². The van der Waals surface area contributed by atoms with Crippen LogP contribution in [0.15, 0.2) is 72.8 Å². The maximum absolute atomic E-state index is 12.7. The molecule has 15 heteroatoms. The summed E-state index contributed by atoms with van der Waals surface area (Å²) in [5.74, 6) is 6.21. The maximum Gasteiger partial charge on any atom is 0.416 e. The first-order chi connectivity index (χ1) is 27.3. The number of carbonyl (C=O) groups is 3.